The summed E-state index contributed by atoms with van der Waals surface area (Å²) >= 11 is 1.19. The highest BCUT2D eigenvalue weighted by Crippen LogP contribution is 2.18. The van der Waals surface area contributed by atoms with Crippen molar-refractivity contribution in [3.63, 3.8) is 0 Å². The van der Waals surface area contributed by atoms with Gasteiger partial charge in [0.1, 0.15) is 11.9 Å². The molecule has 0 bridgehead atoms. The first kappa shape index (κ1) is 18.0. The van der Waals surface area contributed by atoms with E-state index in [0.717, 1.165) is 0 Å². The van der Waals surface area contributed by atoms with Crippen molar-refractivity contribution in [3.8, 4) is 0 Å². The van der Waals surface area contributed by atoms with Crippen LogP contribution in [0.15, 0.2) is 23.6 Å². The van der Waals surface area contributed by atoms with Crippen LogP contribution in [0.2, 0.25) is 0 Å². The minimum absolute atomic E-state index is 0.00201. The number of benzene rings is 1. The Hall–Kier alpha value is -2.81. The van der Waals surface area contributed by atoms with E-state index in [-0.39, 0.29) is 30.0 Å². The van der Waals surface area contributed by atoms with Gasteiger partial charge in [-0.05, 0) is 31.0 Å². The van der Waals surface area contributed by atoms with E-state index < -0.39 is 6.04 Å². The minimum Gasteiger partial charge on any atom is -0.344 e. The van der Waals surface area contributed by atoms with Crippen molar-refractivity contribution < 1.29 is 18.8 Å². The molecule has 2 heterocycles. The Labute approximate surface area is 153 Å². The molecule has 7 nitrogen and oxygen atoms in total. The van der Waals surface area contributed by atoms with Crippen LogP contribution in [0.4, 0.5) is 15.2 Å². The second-order valence-electron chi connectivity index (χ2n) is 5.98. The second kappa shape index (κ2) is 7.61. The van der Waals surface area contributed by atoms with E-state index in [1.165, 1.54) is 17.4 Å². The number of hydrogen-bond acceptors (Lipinski definition) is 5. The lowest BCUT2D eigenvalue weighted by Crippen LogP contribution is -2.37. The highest BCUT2D eigenvalue weighted by molar-refractivity contribution is 7.13. The molecule has 0 radical (unpaired) electrons. The highest BCUT2D eigenvalue weighted by atomic mass is 32.1. The van der Waals surface area contributed by atoms with Gasteiger partial charge in [0.2, 0.25) is 17.7 Å². The zero-order valence-electron chi connectivity index (χ0n) is 14.0. The maximum atomic E-state index is 13.5. The molecule has 1 aromatic carbocycles. The topological polar surface area (TPSA) is 100 Å². The third-order valence-corrected chi connectivity index (χ3v) is 4.70. The predicted molar refractivity (Wildman–Crippen MR) is 95.4 cm³/mol. The average Bonchev–Trinajstić information content (AvgIpc) is 3.20. The van der Waals surface area contributed by atoms with Gasteiger partial charge in [0, 0.05) is 17.5 Å². The van der Waals surface area contributed by atoms with E-state index in [0.29, 0.717) is 34.9 Å². The summed E-state index contributed by atoms with van der Waals surface area (Å²) in [5.74, 6) is -1.19. The fourth-order valence-corrected chi connectivity index (χ4v) is 3.20. The average molecular weight is 376 g/mol. The molecule has 3 N–H and O–H groups in total. The molecule has 0 spiro atoms. The van der Waals surface area contributed by atoms with Crippen LogP contribution < -0.4 is 16.0 Å². The van der Waals surface area contributed by atoms with Gasteiger partial charge < -0.3 is 16.0 Å². The van der Waals surface area contributed by atoms with Crippen molar-refractivity contribution in [2.24, 2.45) is 0 Å². The Morgan fingerprint density at radius 2 is 2.19 bits per heavy atom. The van der Waals surface area contributed by atoms with E-state index in [1.807, 2.05) is 0 Å². The number of nitrogens with zero attached hydrogens (tertiary/aromatic N) is 1. The summed E-state index contributed by atoms with van der Waals surface area (Å²) < 4.78 is 13.5. The lowest BCUT2D eigenvalue weighted by Gasteiger charge is -2.08. The molecule has 2 aromatic rings. The maximum Gasteiger partial charge on any atom is 0.248 e. The summed E-state index contributed by atoms with van der Waals surface area (Å²) in [5.41, 5.74) is 1.37. The number of anilines is 2. The summed E-state index contributed by atoms with van der Waals surface area (Å²) in [6.45, 7) is 1.64. The maximum absolute atomic E-state index is 13.5. The first-order valence-electron chi connectivity index (χ1n) is 8.01. The van der Waals surface area contributed by atoms with Crippen LogP contribution in [0.25, 0.3) is 0 Å². The quantitative estimate of drug-likeness (QED) is 0.743. The SMILES string of the molecule is Cc1ccc(NC(=O)Cc2csc(NC(=O)[C@@H]3CCC(=O)N3)n2)cc1F. The Kier molecular flexibility index (Phi) is 5.27. The molecule has 9 heteroatoms. The zero-order valence-corrected chi connectivity index (χ0v) is 14.8. The molecular weight excluding hydrogens is 359 g/mol. The Morgan fingerprint density at radius 1 is 1.38 bits per heavy atom. The van der Waals surface area contributed by atoms with Crippen LogP contribution in [0, 0.1) is 12.7 Å². The number of carbonyl (C=O) groups excluding carboxylic acids is 3. The second-order valence-corrected chi connectivity index (χ2v) is 6.84. The molecule has 0 unspecified atom stereocenters. The smallest absolute Gasteiger partial charge is 0.248 e. The standard InChI is InChI=1S/C17H17FN4O3S/c1-9-2-3-10(6-12(9)18)19-15(24)7-11-8-26-17(20-11)22-16(25)13-4-5-14(23)21-13/h2-3,6,8,13H,4-5,7H2,1H3,(H,19,24)(H,21,23)(H,20,22,25)/t13-/m0/s1. The van der Waals surface area contributed by atoms with Crippen LogP contribution in [0.1, 0.15) is 24.1 Å². The Morgan fingerprint density at radius 3 is 2.88 bits per heavy atom. The lowest BCUT2D eigenvalue weighted by atomic mass is 10.2. The van der Waals surface area contributed by atoms with Gasteiger partial charge in [0.05, 0.1) is 12.1 Å². The molecular formula is C17H17FN4O3S. The number of halogens is 1. The molecule has 0 saturated carbocycles. The fourth-order valence-electron chi connectivity index (χ4n) is 2.49. The number of aryl methyl sites for hydroxylation is 1. The van der Waals surface area contributed by atoms with Crippen LogP contribution in [-0.2, 0) is 20.8 Å². The first-order valence-corrected chi connectivity index (χ1v) is 8.89. The summed E-state index contributed by atoms with van der Waals surface area (Å²) in [7, 11) is 0. The van der Waals surface area contributed by atoms with E-state index in [1.54, 1.807) is 24.4 Å². The third kappa shape index (κ3) is 4.42. The van der Waals surface area contributed by atoms with Gasteiger partial charge in [-0.15, -0.1) is 11.3 Å². The molecule has 3 amide bonds. The van der Waals surface area contributed by atoms with Gasteiger partial charge >= 0.3 is 0 Å². The van der Waals surface area contributed by atoms with E-state index in [2.05, 4.69) is 20.9 Å². The van der Waals surface area contributed by atoms with Gasteiger partial charge in [-0.2, -0.15) is 0 Å². The Balaban J connectivity index is 1.54. The van der Waals surface area contributed by atoms with Crippen molar-refractivity contribution in [1.82, 2.24) is 10.3 Å². The van der Waals surface area contributed by atoms with Gasteiger partial charge in [-0.1, -0.05) is 6.07 Å². The summed E-state index contributed by atoms with van der Waals surface area (Å²) in [6.07, 6.45) is 0.793. The van der Waals surface area contributed by atoms with Gasteiger partial charge in [-0.3, -0.25) is 14.4 Å². The largest absolute Gasteiger partial charge is 0.344 e. The molecule has 3 rings (SSSR count). The zero-order chi connectivity index (χ0) is 18.7. The lowest BCUT2D eigenvalue weighted by molar-refractivity contribution is -0.122. The van der Waals surface area contributed by atoms with Crippen molar-refractivity contribution >= 4 is 39.9 Å². The number of thiazole rings is 1. The van der Waals surface area contributed by atoms with Gasteiger partial charge in [0.15, 0.2) is 5.13 Å². The van der Waals surface area contributed by atoms with Crippen LogP contribution in [-0.4, -0.2) is 28.7 Å². The minimum atomic E-state index is -0.547. The van der Waals surface area contributed by atoms with E-state index in [9.17, 15) is 18.8 Å². The monoisotopic (exact) mass is 376 g/mol. The van der Waals surface area contributed by atoms with Crippen molar-refractivity contribution in [3.05, 3.63) is 40.7 Å². The molecule has 1 aliphatic heterocycles. The van der Waals surface area contributed by atoms with Crippen molar-refractivity contribution in [2.45, 2.75) is 32.2 Å². The third-order valence-electron chi connectivity index (χ3n) is 3.89. The number of rotatable bonds is 5. The molecule has 1 saturated heterocycles. The number of amides is 3. The predicted octanol–water partition coefficient (Wildman–Crippen LogP) is 1.99. The molecule has 0 aliphatic carbocycles. The molecule has 136 valence electrons. The number of carbonyl (C=O) groups is 3. The van der Waals surface area contributed by atoms with Crippen LogP contribution >= 0.6 is 11.3 Å². The molecule has 1 aromatic heterocycles. The summed E-state index contributed by atoms with van der Waals surface area (Å²) in [4.78, 5) is 39.4. The first-order chi connectivity index (χ1) is 12.4. The fraction of sp³-hybridized carbons (Fsp3) is 0.294. The molecule has 1 fully saturated rings. The van der Waals surface area contributed by atoms with Crippen LogP contribution in [0.3, 0.4) is 0 Å². The van der Waals surface area contributed by atoms with Gasteiger partial charge in [0.25, 0.3) is 0 Å². The molecule has 1 aliphatic rings. The van der Waals surface area contributed by atoms with E-state index >= 15 is 0 Å². The van der Waals surface area contributed by atoms with Crippen LogP contribution in [0.5, 0.6) is 0 Å². The highest BCUT2D eigenvalue weighted by Gasteiger charge is 2.27. The normalized spacial score (nSPS) is 16.2. The number of aromatic nitrogens is 1. The summed E-state index contributed by atoms with van der Waals surface area (Å²) in [6, 6.07) is 3.92. The van der Waals surface area contributed by atoms with Crippen molar-refractivity contribution in [2.75, 3.05) is 10.6 Å². The van der Waals surface area contributed by atoms with Crippen molar-refractivity contribution in [1.29, 1.82) is 0 Å². The number of nitrogens with one attached hydrogen (secondary N) is 3. The van der Waals surface area contributed by atoms with Gasteiger partial charge in [-0.25, -0.2) is 9.37 Å². The Bertz CT molecular complexity index is 867. The number of hydrogen-bond donors (Lipinski definition) is 3. The van der Waals surface area contributed by atoms with E-state index in [4.69, 9.17) is 0 Å². The summed E-state index contributed by atoms with van der Waals surface area (Å²) in [5, 5.41) is 9.85. The molecule has 26 heavy (non-hydrogen) atoms. The molecule has 1 atom stereocenters.